The maximum Gasteiger partial charge on any atom is 0.407 e. The Balaban J connectivity index is 1.77. The minimum absolute atomic E-state index is 0.00845. The van der Waals surface area contributed by atoms with Crippen LogP contribution in [0.15, 0.2) is 18.3 Å². The van der Waals surface area contributed by atoms with E-state index in [4.69, 9.17) is 5.11 Å². The predicted octanol–water partition coefficient (Wildman–Crippen LogP) is 0.977. The van der Waals surface area contributed by atoms with Crippen LogP contribution in [0.25, 0.3) is 0 Å². The number of amides is 2. The summed E-state index contributed by atoms with van der Waals surface area (Å²) in [6.07, 6.45) is 1.44. The minimum atomic E-state index is -4.09. The molecule has 2 aliphatic heterocycles. The summed E-state index contributed by atoms with van der Waals surface area (Å²) in [5.74, 6) is 0.145. The van der Waals surface area contributed by atoms with Gasteiger partial charge in [-0.25, -0.2) is 14.5 Å². The lowest BCUT2D eigenvalue weighted by atomic mass is 9.97. The summed E-state index contributed by atoms with van der Waals surface area (Å²) in [5.41, 5.74) is -0.00288. The molecule has 2 fully saturated rings. The summed E-state index contributed by atoms with van der Waals surface area (Å²) >= 11 is 0. The molecule has 2 N–H and O–H groups in total. The first kappa shape index (κ1) is 21.3. The van der Waals surface area contributed by atoms with Crippen molar-refractivity contribution in [3.8, 4) is 0 Å². The van der Waals surface area contributed by atoms with Gasteiger partial charge in [0.15, 0.2) is 0 Å². The van der Waals surface area contributed by atoms with E-state index < -0.39 is 22.2 Å². The smallest absolute Gasteiger partial charge is 0.407 e. The normalized spacial score (nSPS) is 22.5. The van der Waals surface area contributed by atoms with Crippen molar-refractivity contribution in [2.75, 3.05) is 37.6 Å². The molecule has 2 amide bonds. The number of nitrogens with zero attached hydrogens (tertiary/aromatic N) is 4. The zero-order valence-electron chi connectivity index (χ0n) is 16.8. The summed E-state index contributed by atoms with van der Waals surface area (Å²) < 4.78 is 28.5. The highest BCUT2D eigenvalue weighted by molar-refractivity contribution is 7.87. The Kier molecular flexibility index (Phi) is 5.72. The third-order valence-corrected chi connectivity index (χ3v) is 6.92. The van der Waals surface area contributed by atoms with Gasteiger partial charge in [0.05, 0.1) is 5.56 Å². The van der Waals surface area contributed by atoms with Gasteiger partial charge >= 0.3 is 16.3 Å². The van der Waals surface area contributed by atoms with E-state index in [-0.39, 0.29) is 37.3 Å². The second-order valence-electron chi connectivity index (χ2n) is 8.21. The van der Waals surface area contributed by atoms with Crippen LogP contribution < -0.4 is 9.62 Å². The van der Waals surface area contributed by atoms with Crippen LogP contribution in [-0.2, 0) is 10.2 Å². The summed E-state index contributed by atoms with van der Waals surface area (Å²) in [6, 6.07) is 3.16. The van der Waals surface area contributed by atoms with Crippen LogP contribution in [0.5, 0.6) is 0 Å². The fourth-order valence-corrected chi connectivity index (χ4v) is 5.22. The Bertz CT molecular complexity index is 896. The first-order chi connectivity index (χ1) is 13.5. The Hall–Kier alpha value is -2.40. The van der Waals surface area contributed by atoms with E-state index in [0.29, 0.717) is 11.7 Å². The van der Waals surface area contributed by atoms with Crippen LogP contribution in [0, 0.1) is 5.92 Å². The molecule has 2 aliphatic rings. The molecule has 11 heteroatoms. The molecule has 0 aromatic carbocycles. The number of pyridine rings is 1. The van der Waals surface area contributed by atoms with E-state index in [1.165, 1.54) is 0 Å². The molecule has 0 radical (unpaired) electrons. The van der Waals surface area contributed by atoms with Crippen molar-refractivity contribution < 1.29 is 23.1 Å². The lowest BCUT2D eigenvalue weighted by Crippen LogP contribution is -2.54. The van der Waals surface area contributed by atoms with Crippen LogP contribution in [0.2, 0.25) is 0 Å². The molecule has 1 aromatic rings. The van der Waals surface area contributed by atoms with E-state index in [1.54, 1.807) is 18.3 Å². The minimum Gasteiger partial charge on any atom is -0.465 e. The first-order valence-electron chi connectivity index (χ1n) is 9.54. The van der Waals surface area contributed by atoms with Crippen LogP contribution in [0.1, 0.15) is 37.6 Å². The second kappa shape index (κ2) is 7.79. The van der Waals surface area contributed by atoms with Gasteiger partial charge in [-0.05, 0) is 38.3 Å². The van der Waals surface area contributed by atoms with Crippen molar-refractivity contribution >= 4 is 28.0 Å². The third kappa shape index (κ3) is 4.45. The molecular weight excluding hydrogens is 398 g/mol. The van der Waals surface area contributed by atoms with Gasteiger partial charge in [-0.3, -0.25) is 4.79 Å². The molecule has 1 atom stereocenters. The molecule has 0 unspecified atom stereocenters. The van der Waals surface area contributed by atoms with Crippen LogP contribution >= 0.6 is 0 Å². The number of piperazine rings is 1. The van der Waals surface area contributed by atoms with Crippen molar-refractivity contribution in [2.45, 2.75) is 32.7 Å². The SMILES string of the molecule is C[C@@H]1CN(c2ncccc2C(=O)NS(=O)(=O)N2CCN(C(=O)O)CC2)C(C)(C)C1. The summed E-state index contributed by atoms with van der Waals surface area (Å²) in [7, 11) is -4.09. The van der Waals surface area contributed by atoms with Crippen molar-refractivity contribution in [1.29, 1.82) is 0 Å². The number of nitrogens with one attached hydrogen (secondary N) is 1. The third-order valence-electron chi connectivity index (χ3n) is 5.43. The molecular formula is C18H27N5O5S. The van der Waals surface area contributed by atoms with Gasteiger partial charge in [0.1, 0.15) is 5.82 Å². The number of carbonyl (C=O) groups excluding carboxylic acids is 1. The molecule has 1 aromatic heterocycles. The van der Waals surface area contributed by atoms with E-state index in [0.717, 1.165) is 22.2 Å². The molecule has 10 nitrogen and oxygen atoms in total. The van der Waals surface area contributed by atoms with Gasteiger partial charge in [-0.15, -0.1) is 0 Å². The van der Waals surface area contributed by atoms with Crippen LogP contribution in [0.3, 0.4) is 0 Å². The number of carbonyl (C=O) groups is 2. The highest BCUT2D eigenvalue weighted by Crippen LogP contribution is 2.37. The summed E-state index contributed by atoms with van der Waals surface area (Å²) in [6.45, 7) is 7.11. The summed E-state index contributed by atoms with van der Waals surface area (Å²) in [4.78, 5) is 31.4. The quantitative estimate of drug-likeness (QED) is 0.737. The number of rotatable bonds is 4. The largest absolute Gasteiger partial charge is 0.465 e. The van der Waals surface area contributed by atoms with Crippen molar-refractivity contribution in [3.05, 3.63) is 23.9 Å². The lowest BCUT2D eigenvalue weighted by Gasteiger charge is -2.34. The van der Waals surface area contributed by atoms with Crippen molar-refractivity contribution in [2.24, 2.45) is 5.92 Å². The maximum absolute atomic E-state index is 12.9. The van der Waals surface area contributed by atoms with E-state index in [9.17, 15) is 18.0 Å². The number of hydrogen-bond acceptors (Lipinski definition) is 6. The van der Waals surface area contributed by atoms with Gasteiger partial charge in [-0.1, -0.05) is 6.92 Å². The van der Waals surface area contributed by atoms with Crippen molar-refractivity contribution in [3.63, 3.8) is 0 Å². The van der Waals surface area contributed by atoms with Gasteiger partial charge in [0.25, 0.3) is 5.91 Å². The van der Waals surface area contributed by atoms with Gasteiger partial charge in [0, 0.05) is 44.5 Å². The fourth-order valence-electron chi connectivity index (χ4n) is 4.11. The molecule has 0 saturated carbocycles. The molecule has 29 heavy (non-hydrogen) atoms. The summed E-state index contributed by atoms with van der Waals surface area (Å²) in [5, 5.41) is 8.99. The monoisotopic (exact) mass is 425 g/mol. The Morgan fingerprint density at radius 2 is 1.90 bits per heavy atom. The molecule has 3 rings (SSSR count). The standard InChI is InChI=1S/C18H27N5O5S/c1-13-11-18(2,3)23(12-13)15-14(5-4-6-19-15)16(24)20-29(27,28)22-9-7-21(8-10-22)17(25)26/h4-6,13H,7-12H2,1-3H3,(H,20,24)(H,25,26)/t13-/m0/s1. The molecule has 0 spiro atoms. The maximum atomic E-state index is 12.9. The average Bonchev–Trinajstić information content (AvgIpc) is 2.93. The number of carboxylic acid groups (broad SMARTS) is 1. The Morgan fingerprint density at radius 1 is 1.24 bits per heavy atom. The van der Waals surface area contributed by atoms with Crippen LogP contribution in [-0.4, -0.2) is 78.0 Å². The van der Waals surface area contributed by atoms with E-state index in [2.05, 4.69) is 30.5 Å². The van der Waals surface area contributed by atoms with Gasteiger partial charge in [0.2, 0.25) is 0 Å². The average molecular weight is 426 g/mol. The molecule has 160 valence electrons. The highest BCUT2D eigenvalue weighted by Gasteiger charge is 2.39. The predicted molar refractivity (Wildman–Crippen MR) is 107 cm³/mol. The first-order valence-corrected chi connectivity index (χ1v) is 11.0. The molecule has 0 aliphatic carbocycles. The van der Waals surface area contributed by atoms with E-state index in [1.807, 2.05) is 4.90 Å². The molecule has 2 saturated heterocycles. The Labute approximate surface area is 170 Å². The van der Waals surface area contributed by atoms with Gasteiger partial charge in [-0.2, -0.15) is 12.7 Å². The number of hydrogen-bond donors (Lipinski definition) is 2. The number of aromatic nitrogens is 1. The topological polar surface area (TPSA) is 123 Å². The molecule has 0 bridgehead atoms. The van der Waals surface area contributed by atoms with Crippen LogP contribution in [0.4, 0.5) is 10.6 Å². The Morgan fingerprint density at radius 3 is 2.45 bits per heavy atom. The lowest BCUT2D eigenvalue weighted by molar-refractivity contribution is 0.0974. The molecule has 3 heterocycles. The second-order valence-corrected chi connectivity index (χ2v) is 9.88. The van der Waals surface area contributed by atoms with E-state index >= 15 is 0 Å². The zero-order valence-corrected chi connectivity index (χ0v) is 17.6. The van der Waals surface area contributed by atoms with Gasteiger partial charge < -0.3 is 14.9 Å². The van der Waals surface area contributed by atoms with Crippen molar-refractivity contribution in [1.82, 2.24) is 18.9 Å². The fraction of sp³-hybridized carbons (Fsp3) is 0.611. The number of anilines is 1. The highest BCUT2D eigenvalue weighted by atomic mass is 32.2. The zero-order chi connectivity index (χ0) is 21.4.